The van der Waals surface area contributed by atoms with Gasteiger partial charge in [-0.05, 0) is 44.1 Å². The third-order valence-electron chi connectivity index (χ3n) is 6.43. The Morgan fingerprint density at radius 1 is 1.18 bits per heavy atom. The van der Waals surface area contributed by atoms with Crippen LogP contribution in [-0.2, 0) is 23.9 Å². The van der Waals surface area contributed by atoms with E-state index < -0.39 is 36.1 Å². The number of aliphatic hydroxyl groups is 2. The van der Waals surface area contributed by atoms with Crippen LogP contribution in [0.15, 0.2) is 36.0 Å². The summed E-state index contributed by atoms with van der Waals surface area (Å²) in [4.78, 5) is 48.0. The number of rotatable bonds is 7. The molecule has 2 heterocycles. The lowest BCUT2D eigenvalue weighted by atomic mass is 9.87. The molecule has 0 aromatic rings. The third kappa shape index (κ3) is 8.65. The number of allylic oxidation sites excluding steroid dienone is 3. The Morgan fingerprint density at radius 2 is 1.82 bits per heavy atom. The largest absolute Gasteiger partial charge is 0.454 e. The molecular weight excluding hydrogens is 438 g/mol. The van der Waals surface area contributed by atoms with Crippen LogP contribution in [0, 0.1) is 17.8 Å². The maximum atomic E-state index is 12.7. The molecule has 8 nitrogen and oxygen atoms in total. The Bertz CT molecular complexity index is 828. The maximum absolute atomic E-state index is 12.7. The second-order valence-corrected chi connectivity index (χ2v) is 9.41. The van der Waals surface area contributed by atoms with Crippen LogP contribution in [0.1, 0.15) is 65.7 Å². The molecule has 8 heteroatoms. The number of carbonyl (C=O) groups is 4. The Labute approximate surface area is 201 Å². The highest BCUT2D eigenvalue weighted by Gasteiger charge is 2.32. The van der Waals surface area contributed by atoms with Gasteiger partial charge in [0.25, 0.3) is 0 Å². The predicted octanol–water partition coefficient (Wildman–Crippen LogP) is 2.54. The van der Waals surface area contributed by atoms with Gasteiger partial charge < -0.3 is 14.9 Å². The summed E-state index contributed by atoms with van der Waals surface area (Å²) in [6.07, 6.45) is 8.42. The van der Waals surface area contributed by atoms with E-state index in [1.807, 2.05) is 0 Å². The number of piperidine rings is 1. The molecule has 0 spiro atoms. The van der Waals surface area contributed by atoms with E-state index in [9.17, 15) is 29.4 Å². The number of hydrogen-bond acceptors (Lipinski definition) is 7. The fourth-order valence-electron chi connectivity index (χ4n) is 4.42. The number of cyclic esters (lactones) is 1. The zero-order valence-electron chi connectivity index (χ0n) is 20.2. The molecular formula is C26H37NO7. The zero-order valence-corrected chi connectivity index (χ0v) is 20.2. The molecule has 0 aliphatic carbocycles. The van der Waals surface area contributed by atoms with E-state index in [0.717, 1.165) is 0 Å². The first kappa shape index (κ1) is 27.7. The quantitative estimate of drug-likeness (QED) is 0.293. The minimum absolute atomic E-state index is 0.00137. The summed E-state index contributed by atoms with van der Waals surface area (Å²) in [7, 11) is 0. The van der Waals surface area contributed by atoms with Crippen LogP contribution in [0.4, 0.5) is 0 Å². The van der Waals surface area contributed by atoms with Gasteiger partial charge in [-0.1, -0.05) is 38.2 Å². The predicted molar refractivity (Wildman–Crippen MR) is 126 cm³/mol. The molecule has 188 valence electrons. The van der Waals surface area contributed by atoms with Crippen molar-refractivity contribution in [2.45, 2.75) is 84.0 Å². The van der Waals surface area contributed by atoms with Gasteiger partial charge >= 0.3 is 5.97 Å². The summed E-state index contributed by atoms with van der Waals surface area (Å²) >= 11 is 0. The SMILES string of the molecule is C/C(=C\[C@H](C)C(=O)CCCC1CC(=O)NC(=O)C1)[C@@H]1OC(=O)/C=C\CC/C=C\[C@H](O)[C@@H](O)[C@@H]1C. The van der Waals surface area contributed by atoms with Crippen molar-refractivity contribution in [3.63, 3.8) is 0 Å². The maximum Gasteiger partial charge on any atom is 0.331 e. The van der Waals surface area contributed by atoms with Crippen molar-refractivity contribution < 1.29 is 34.1 Å². The first-order valence-electron chi connectivity index (χ1n) is 12.0. The van der Waals surface area contributed by atoms with E-state index in [1.54, 1.807) is 45.1 Å². The van der Waals surface area contributed by atoms with Crippen molar-refractivity contribution in [2.75, 3.05) is 0 Å². The topological polar surface area (TPSA) is 130 Å². The normalized spacial score (nSPS) is 30.4. The van der Waals surface area contributed by atoms with Crippen molar-refractivity contribution in [2.24, 2.45) is 17.8 Å². The Balaban J connectivity index is 2.02. The van der Waals surface area contributed by atoms with Gasteiger partial charge in [0.05, 0.1) is 12.2 Å². The highest BCUT2D eigenvalue weighted by atomic mass is 16.5. The lowest BCUT2D eigenvalue weighted by Crippen LogP contribution is -2.40. The van der Waals surface area contributed by atoms with Crippen molar-refractivity contribution >= 4 is 23.6 Å². The lowest BCUT2D eigenvalue weighted by molar-refractivity contribution is -0.146. The van der Waals surface area contributed by atoms with Gasteiger partial charge in [0.1, 0.15) is 11.9 Å². The number of Topliss-reactive ketones (excluding diaryl/α,β-unsaturated/α-hetero) is 1. The number of carbonyl (C=O) groups excluding carboxylic acids is 4. The van der Waals surface area contributed by atoms with E-state index in [0.29, 0.717) is 50.5 Å². The number of esters is 1. The van der Waals surface area contributed by atoms with Gasteiger partial charge in [0.2, 0.25) is 11.8 Å². The minimum atomic E-state index is -1.15. The van der Waals surface area contributed by atoms with Crippen molar-refractivity contribution in [1.29, 1.82) is 0 Å². The minimum Gasteiger partial charge on any atom is -0.454 e. The van der Waals surface area contributed by atoms with Gasteiger partial charge in [0, 0.05) is 37.2 Å². The number of amides is 2. The monoisotopic (exact) mass is 475 g/mol. The molecule has 0 unspecified atom stereocenters. The first-order valence-corrected chi connectivity index (χ1v) is 12.0. The van der Waals surface area contributed by atoms with E-state index in [-0.39, 0.29) is 23.5 Å². The van der Waals surface area contributed by atoms with Crippen LogP contribution in [0.3, 0.4) is 0 Å². The van der Waals surface area contributed by atoms with Crippen LogP contribution >= 0.6 is 0 Å². The third-order valence-corrected chi connectivity index (χ3v) is 6.43. The lowest BCUT2D eigenvalue weighted by Gasteiger charge is -2.30. The van der Waals surface area contributed by atoms with Crippen LogP contribution in [0.2, 0.25) is 0 Å². The van der Waals surface area contributed by atoms with Crippen LogP contribution in [-0.4, -0.2) is 52.1 Å². The summed E-state index contributed by atoms with van der Waals surface area (Å²) in [5.74, 6) is -2.16. The molecule has 2 amide bonds. The Kier molecular flexibility index (Phi) is 10.9. The molecule has 0 aromatic carbocycles. The first-order chi connectivity index (χ1) is 16.1. The summed E-state index contributed by atoms with van der Waals surface area (Å²) in [5.41, 5.74) is 0.622. The molecule has 2 aliphatic heterocycles. The van der Waals surface area contributed by atoms with E-state index >= 15 is 0 Å². The number of aliphatic hydroxyl groups excluding tert-OH is 2. The second kappa shape index (κ2) is 13.3. The standard InChI is InChI=1S/C26H37NO7/c1-16(20(28)11-8-9-19-14-22(30)27-23(31)15-19)13-17(2)26-18(3)25(33)21(29)10-6-4-5-7-12-24(32)34-26/h6-7,10,12-13,16,18-19,21,25-26,29,33H,4-5,8-9,11,14-15H2,1-3H3,(H,27,30,31)/b10-6-,12-7-,17-13+/t16-,18-,21-,25-,26-/m0/s1. The van der Waals surface area contributed by atoms with E-state index in [1.165, 1.54) is 6.08 Å². The Morgan fingerprint density at radius 3 is 2.50 bits per heavy atom. The average molecular weight is 476 g/mol. The molecule has 3 N–H and O–H groups in total. The van der Waals surface area contributed by atoms with E-state index in [4.69, 9.17) is 4.74 Å². The smallest absolute Gasteiger partial charge is 0.331 e. The molecule has 1 saturated heterocycles. The molecule has 0 radical (unpaired) electrons. The van der Waals surface area contributed by atoms with Crippen LogP contribution in [0.5, 0.6) is 0 Å². The molecule has 0 saturated carbocycles. The van der Waals surface area contributed by atoms with E-state index in [2.05, 4.69) is 5.32 Å². The second-order valence-electron chi connectivity index (χ2n) is 9.41. The molecule has 0 bridgehead atoms. The fraction of sp³-hybridized carbons (Fsp3) is 0.615. The molecule has 0 aromatic heterocycles. The van der Waals surface area contributed by atoms with Crippen LogP contribution < -0.4 is 5.32 Å². The number of imide groups is 1. The van der Waals surface area contributed by atoms with Crippen molar-refractivity contribution in [3.05, 3.63) is 36.0 Å². The molecule has 34 heavy (non-hydrogen) atoms. The number of hydrogen-bond donors (Lipinski definition) is 3. The number of nitrogens with one attached hydrogen (secondary N) is 1. The summed E-state index contributed by atoms with van der Waals surface area (Å²) in [6, 6.07) is 0. The molecule has 1 fully saturated rings. The van der Waals surface area contributed by atoms with Gasteiger partial charge in [-0.3, -0.25) is 19.7 Å². The summed E-state index contributed by atoms with van der Waals surface area (Å²) < 4.78 is 5.61. The average Bonchev–Trinajstić information content (AvgIpc) is 2.77. The van der Waals surface area contributed by atoms with Gasteiger partial charge in [0.15, 0.2) is 0 Å². The highest BCUT2D eigenvalue weighted by molar-refractivity contribution is 5.97. The summed E-state index contributed by atoms with van der Waals surface area (Å²) in [5, 5.41) is 23.2. The number of ketones is 1. The highest BCUT2D eigenvalue weighted by Crippen LogP contribution is 2.25. The number of ether oxygens (including phenoxy) is 1. The van der Waals surface area contributed by atoms with Crippen LogP contribution in [0.25, 0.3) is 0 Å². The summed E-state index contributed by atoms with van der Waals surface area (Å²) in [6.45, 7) is 5.20. The molecule has 2 rings (SSSR count). The zero-order chi connectivity index (χ0) is 25.3. The fourth-order valence-corrected chi connectivity index (χ4v) is 4.42. The van der Waals surface area contributed by atoms with Gasteiger partial charge in [-0.2, -0.15) is 0 Å². The van der Waals surface area contributed by atoms with Gasteiger partial charge in [-0.15, -0.1) is 0 Å². The molecule has 2 aliphatic rings. The van der Waals surface area contributed by atoms with Crippen molar-refractivity contribution in [3.8, 4) is 0 Å². The molecule has 5 atom stereocenters. The van der Waals surface area contributed by atoms with Gasteiger partial charge in [-0.25, -0.2) is 4.79 Å². The Hall–Kier alpha value is -2.58. The van der Waals surface area contributed by atoms with Crippen molar-refractivity contribution in [1.82, 2.24) is 5.32 Å².